The zero-order chi connectivity index (χ0) is 45.9. The van der Waals surface area contributed by atoms with Crippen LogP contribution in [0.25, 0.3) is 0 Å². The highest BCUT2D eigenvalue weighted by atomic mass is 35.5. The molecular weight excluding hydrogens is 865 g/mol. The lowest BCUT2D eigenvalue weighted by atomic mass is 10.00. The smallest absolute Gasteiger partial charge is 0.252 e. The molecule has 2 aliphatic rings. The fourth-order valence-corrected chi connectivity index (χ4v) is 8.18. The first kappa shape index (κ1) is 47.8. The highest BCUT2D eigenvalue weighted by molar-refractivity contribution is 6.31. The van der Waals surface area contributed by atoms with E-state index in [0.717, 1.165) is 41.2 Å². The molecule has 5 aromatic rings. The number of carbonyl (C=O) groups excluding carboxylic acids is 2. The molecule has 4 N–H and O–H groups in total. The molecule has 5 aromatic carbocycles. The van der Waals surface area contributed by atoms with Crippen molar-refractivity contribution in [2.45, 2.75) is 108 Å². The van der Waals surface area contributed by atoms with Gasteiger partial charge in [-0.25, -0.2) is 13.2 Å². The Balaban J connectivity index is 1.10. The van der Waals surface area contributed by atoms with E-state index in [9.17, 15) is 33.0 Å². The van der Waals surface area contributed by atoms with Crippen LogP contribution in [0.1, 0.15) is 64.2 Å². The van der Waals surface area contributed by atoms with E-state index in [-0.39, 0.29) is 27.8 Å². The Labute approximate surface area is 380 Å². The number of fused-ring (bicyclic) bond motifs is 1. The van der Waals surface area contributed by atoms with Crippen LogP contribution in [0.2, 0.25) is 5.02 Å². The van der Waals surface area contributed by atoms with Crippen molar-refractivity contribution in [3.63, 3.8) is 0 Å². The summed E-state index contributed by atoms with van der Waals surface area (Å²) in [4.78, 5) is 28.4. The number of halogens is 4. The first-order chi connectivity index (χ1) is 31.4. The molecule has 1 heterocycles. The van der Waals surface area contributed by atoms with Gasteiger partial charge in [-0.2, -0.15) is 0 Å². The Bertz CT molecular complexity index is 2350. The minimum Gasteiger partial charge on any atom is -0.387 e. The Kier molecular flexibility index (Phi) is 16.8. The third-order valence-electron chi connectivity index (χ3n) is 11.6. The highest BCUT2D eigenvalue weighted by Crippen LogP contribution is 2.36. The van der Waals surface area contributed by atoms with Crippen molar-refractivity contribution >= 4 is 23.4 Å². The molecule has 1 saturated heterocycles. The number of benzene rings is 5. The summed E-state index contributed by atoms with van der Waals surface area (Å²) in [5.74, 6) is -4.01. The second-order valence-corrected chi connectivity index (χ2v) is 16.6. The van der Waals surface area contributed by atoms with E-state index in [1.165, 1.54) is 48.5 Å². The highest BCUT2D eigenvalue weighted by Gasteiger charge is 2.44. The summed E-state index contributed by atoms with van der Waals surface area (Å²) in [5, 5.41) is 29.1. The van der Waals surface area contributed by atoms with E-state index in [0.29, 0.717) is 26.1 Å². The number of aliphatic hydroxyl groups is 2. The summed E-state index contributed by atoms with van der Waals surface area (Å²) in [5.41, 5.74) is 3.84. The monoisotopic (exact) mass is 916 g/mol. The average molecular weight is 917 g/mol. The third-order valence-corrected chi connectivity index (χ3v) is 11.9. The van der Waals surface area contributed by atoms with Crippen LogP contribution < -0.4 is 10.6 Å². The molecule has 1 aliphatic heterocycles. The number of carbonyl (C=O) groups is 2. The topological polar surface area (TPSA) is 145 Å². The molecule has 1 aliphatic carbocycles. The van der Waals surface area contributed by atoms with Gasteiger partial charge in [-0.05, 0) is 67.1 Å². The second-order valence-electron chi connectivity index (χ2n) is 16.2. The van der Waals surface area contributed by atoms with Gasteiger partial charge in [0.25, 0.3) is 11.8 Å². The third kappa shape index (κ3) is 12.6. The van der Waals surface area contributed by atoms with Crippen LogP contribution >= 0.6 is 11.6 Å². The van der Waals surface area contributed by atoms with Crippen molar-refractivity contribution in [1.29, 1.82) is 0 Å². The number of aliphatic hydroxyl groups excluding tert-OH is 2. The van der Waals surface area contributed by atoms with E-state index >= 15 is 0 Å². The summed E-state index contributed by atoms with van der Waals surface area (Å²) in [7, 11) is 0. The predicted octanol–water partition coefficient (Wildman–Crippen LogP) is 7.49. The van der Waals surface area contributed by atoms with Crippen molar-refractivity contribution in [1.82, 2.24) is 10.6 Å². The fourth-order valence-electron chi connectivity index (χ4n) is 7.95. The summed E-state index contributed by atoms with van der Waals surface area (Å²) < 4.78 is 75.0. The Morgan fingerprint density at radius 1 is 0.754 bits per heavy atom. The summed E-state index contributed by atoms with van der Waals surface area (Å²) >= 11 is 6.19. The van der Waals surface area contributed by atoms with Gasteiger partial charge in [0.05, 0.1) is 44.7 Å². The number of amides is 2. The molecule has 0 radical (unpaired) electrons. The number of rotatable bonds is 20. The van der Waals surface area contributed by atoms with Crippen molar-refractivity contribution < 1.29 is 56.7 Å². The molecule has 7 rings (SSSR count). The predicted molar refractivity (Wildman–Crippen MR) is 234 cm³/mol. The van der Waals surface area contributed by atoms with Crippen molar-refractivity contribution in [3.8, 4) is 0 Å². The molecular formula is C50H52ClF3N2O9. The molecule has 0 spiro atoms. The first-order valence-corrected chi connectivity index (χ1v) is 21.9. The Morgan fingerprint density at radius 2 is 1.37 bits per heavy atom. The second kappa shape index (κ2) is 22.8. The van der Waals surface area contributed by atoms with Crippen LogP contribution in [0.5, 0.6) is 0 Å². The first-order valence-electron chi connectivity index (χ1n) is 21.5. The van der Waals surface area contributed by atoms with Crippen LogP contribution in [0, 0.1) is 24.4 Å². The maximum Gasteiger partial charge on any atom is 0.252 e. The number of hydrogen-bond acceptors (Lipinski definition) is 9. The van der Waals surface area contributed by atoms with Crippen LogP contribution in [0.3, 0.4) is 0 Å². The van der Waals surface area contributed by atoms with E-state index in [2.05, 4.69) is 10.6 Å². The van der Waals surface area contributed by atoms with Gasteiger partial charge in [0.1, 0.15) is 29.7 Å². The van der Waals surface area contributed by atoms with E-state index in [1.54, 1.807) is 12.1 Å². The largest absolute Gasteiger partial charge is 0.387 e. The van der Waals surface area contributed by atoms with Crippen LogP contribution in [0.15, 0.2) is 115 Å². The van der Waals surface area contributed by atoms with Gasteiger partial charge in [-0.3, -0.25) is 9.59 Å². The Hall–Kier alpha value is -5.16. The van der Waals surface area contributed by atoms with Gasteiger partial charge >= 0.3 is 0 Å². The normalized spacial score (nSPS) is 20.0. The zero-order valence-electron chi connectivity index (χ0n) is 35.7. The van der Waals surface area contributed by atoms with Crippen molar-refractivity contribution in [3.05, 3.63) is 177 Å². The lowest BCUT2D eigenvalue weighted by Gasteiger charge is -2.34. The molecule has 11 nitrogen and oxygen atoms in total. The number of nitrogens with one attached hydrogen (secondary N) is 2. The van der Waals surface area contributed by atoms with Crippen molar-refractivity contribution in [2.24, 2.45) is 0 Å². The molecule has 8 unspecified atom stereocenters. The maximum atomic E-state index is 14.9. The molecule has 344 valence electrons. The molecule has 0 bridgehead atoms. The van der Waals surface area contributed by atoms with Crippen LogP contribution in [0.4, 0.5) is 13.2 Å². The zero-order valence-corrected chi connectivity index (χ0v) is 36.5. The van der Waals surface area contributed by atoms with Gasteiger partial charge in [0.2, 0.25) is 0 Å². The summed E-state index contributed by atoms with van der Waals surface area (Å²) in [6, 6.07) is 29.9. The molecule has 8 atom stereocenters. The van der Waals surface area contributed by atoms with E-state index in [1.807, 2.05) is 55.5 Å². The molecule has 65 heavy (non-hydrogen) atoms. The van der Waals surface area contributed by atoms with Crippen LogP contribution in [-0.2, 0) is 66.1 Å². The lowest BCUT2D eigenvalue weighted by molar-refractivity contribution is -0.227. The molecule has 0 aromatic heterocycles. The molecule has 2 amide bonds. The van der Waals surface area contributed by atoms with Crippen molar-refractivity contribution in [2.75, 3.05) is 6.61 Å². The standard InChI is InChI=1S/C50H52ClF3N2O9/c1-30-20-22-31(23-21-30)26-61-29-35-13-8-19-43(64-35)65-42-24-32-10-2-5-14-36(32)44(42)56-50(60)48(63-28-34-12-4-7-17-40(34)53)46(58)45(57)47(62-27-33-11-3-6-16-39(33)52)49(59)55-25-37-38(51)15-9-18-41(37)54/h2-7,9-12,14-18,20-23,35,42-48,57-58H,8,13,19,24-29H2,1H3,(H,55,59)(H,56,60). The molecule has 1 fully saturated rings. The number of hydrogen-bond donors (Lipinski definition) is 4. The quantitative estimate of drug-likeness (QED) is 0.0625. The van der Waals surface area contributed by atoms with Gasteiger partial charge < -0.3 is 44.5 Å². The van der Waals surface area contributed by atoms with E-state index in [4.69, 9.17) is 35.3 Å². The number of ether oxygens (including phenoxy) is 5. The number of aryl methyl sites for hydroxylation is 1. The van der Waals surface area contributed by atoms with Gasteiger partial charge in [-0.1, -0.05) is 108 Å². The molecule has 15 heteroatoms. The van der Waals surface area contributed by atoms with Gasteiger partial charge in [0, 0.05) is 34.7 Å². The lowest BCUT2D eigenvalue weighted by Crippen LogP contribution is -2.56. The van der Waals surface area contributed by atoms with Gasteiger partial charge in [0.15, 0.2) is 18.5 Å². The average Bonchev–Trinajstić information content (AvgIpc) is 3.63. The van der Waals surface area contributed by atoms with Crippen LogP contribution in [-0.4, -0.2) is 71.5 Å². The minimum absolute atomic E-state index is 0.0153. The fraction of sp³-hybridized carbons (Fsp3) is 0.360. The summed E-state index contributed by atoms with van der Waals surface area (Å²) in [6.07, 6.45) is -7.27. The summed E-state index contributed by atoms with van der Waals surface area (Å²) in [6.45, 7) is 1.29. The van der Waals surface area contributed by atoms with Gasteiger partial charge in [-0.15, -0.1) is 0 Å². The maximum absolute atomic E-state index is 14.9. The van der Waals surface area contributed by atoms with E-state index < -0.39 is 91.9 Å². The minimum atomic E-state index is -2.22. The SMILES string of the molecule is Cc1ccc(COCC2CCCC(OC3Cc4ccccc4C3NC(=O)C(OCc3ccccc3F)C(O)C(O)C(OCc3ccccc3F)C(=O)NCc3c(F)cccc3Cl)O2)cc1. The molecule has 0 saturated carbocycles. The Morgan fingerprint density at radius 3 is 2.03 bits per heavy atom.